The van der Waals surface area contributed by atoms with Crippen LogP contribution in [0.5, 0.6) is 0 Å². The summed E-state index contributed by atoms with van der Waals surface area (Å²) in [6.07, 6.45) is 0.984. The Morgan fingerprint density at radius 1 is 1.37 bits per heavy atom. The van der Waals surface area contributed by atoms with Gasteiger partial charge in [-0.1, -0.05) is 18.5 Å². The van der Waals surface area contributed by atoms with Gasteiger partial charge in [-0.25, -0.2) is 4.98 Å². The fourth-order valence-corrected chi connectivity index (χ4v) is 1.70. The molecule has 6 heteroatoms. The van der Waals surface area contributed by atoms with Gasteiger partial charge in [0.15, 0.2) is 0 Å². The molecule has 0 fully saturated rings. The minimum atomic E-state index is -0.245. The van der Waals surface area contributed by atoms with Gasteiger partial charge in [-0.05, 0) is 18.6 Å². The van der Waals surface area contributed by atoms with Gasteiger partial charge in [0.05, 0.1) is 0 Å². The van der Waals surface area contributed by atoms with E-state index in [1.54, 1.807) is 20.2 Å². The van der Waals surface area contributed by atoms with Crippen molar-refractivity contribution >= 4 is 23.4 Å². The Kier molecular flexibility index (Phi) is 5.76. The summed E-state index contributed by atoms with van der Waals surface area (Å²) in [4.78, 5) is 28.8. The number of carbonyl (C=O) groups is 2. The Labute approximate surface area is 118 Å². The summed E-state index contributed by atoms with van der Waals surface area (Å²) in [6, 6.07) is 3.22. The van der Waals surface area contributed by atoms with Gasteiger partial charge in [-0.15, -0.1) is 0 Å². The number of nitrogens with zero attached hydrogens (tertiary/aromatic N) is 2. The molecule has 0 spiro atoms. The lowest BCUT2D eigenvalue weighted by Crippen LogP contribution is -2.30. The zero-order valence-electron chi connectivity index (χ0n) is 11.4. The maximum Gasteiger partial charge on any atom is 0.251 e. The standard InChI is InChI=1S/C13H18ClN3O2/c1-4-10-7-9(8-11(14)16-10)13(19)15-6-5-12(18)17(2)3/h7-8H,4-6H2,1-3H3,(H,15,19). The average molecular weight is 284 g/mol. The molecular formula is C13H18ClN3O2. The number of aryl methyl sites for hydroxylation is 1. The maximum atomic E-state index is 11.9. The second-order valence-corrected chi connectivity index (χ2v) is 4.70. The Morgan fingerprint density at radius 3 is 2.63 bits per heavy atom. The molecule has 0 saturated heterocycles. The molecule has 1 aromatic heterocycles. The molecule has 1 N–H and O–H groups in total. The van der Waals surface area contributed by atoms with Crippen LogP contribution in [0.25, 0.3) is 0 Å². The van der Waals surface area contributed by atoms with Crippen LogP contribution in [0.3, 0.4) is 0 Å². The van der Waals surface area contributed by atoms with Crippen LogP contribution in [0, 0.1) is 0 Å². The van der Waals surface area contributed by atoms with E-state index in [2.05, 4.69) is 10.3 Å². The molecule has 1 heterocycles. The third-order valence-corrected chi connectivity index (χ3v) is 2.79. The highest BCUT2D eigenvalue weighted by atomic mass is 35.5. The summed E-state index contributed by atoms with van der Waals surface area (Å²) in [5.41, 5.74) is 1.23. The van der Waals surface area contributed by atoms with Crippen molar-refractivity contribution in [2.45, 2.75) is 19.8 Å². The first-order chi connectivity index (χ1) is 8.93. The molecular weight excluding hydrogens is 266 g/mol. The van der Waals surface area contributed by atoms with Crippen molar-refractivity contribution in [1.29, 1.82) is 0 Å². The van der Waals surface area contributed by atoms with Crippen LogP contribution in [0.15, 0.2) is 12.1 Å². The SMILES string of the molecule is CCc1cc(C(=O)NCCC(=O)N(C)C)cc(Cl)n1. The van der Waals surface area contributed by atoms with Crippen LogP contribution in [0.4, 0.5) is 0 Å². The summed E-state index contributed by atoms with van der Waals surface area (Å²) in [6.45, 7) is 2.24. The van der Waals surface area contributed by atoms with E-state index in [0.29, 0.717) is 23.7 Å². The highest BCUT2D eigenvalue weighted by Gasteiger charge is 2.10. The second-order valence-electron chi connectivity index (χ2n) is 4.32. The molecule has 0 unspecified atom stereocenters. The number of rotatable bonds is 5. The lowest BCUT2D eigenvalue weighted by Gasteiger charge is -2.10. The van der Waals surface area contributed by atoms with Crippen molar-refractivity contribution in [2.24, 2.45) is 0 Å². The number of nitrogens with one attached hydrogen (secondary N) is 1. The van der Waals surface area contributed by atoms with Crippen LogP contribution in [0.1, 0.15) is 29.4 Å². The van der Waals surface area contributed by atoms with Crippen LogP contribution in [-0.2, 0) is 11.2 Å². The highest BCUT2D eigenvalue weighted by Crippen LogP contribution is 2.11. The second kappa shape index (κ2) is 7.09. The maximum absolute atomic E-state index is 11.9. The van der Waals surface area contributed by atoms with E-state index in [1.807, 2.05) is 6.92 Å². The van der Waals surface area contributed by atoms with Gasteiger partial charge in [-0.3, -0.25) is 9.59 Å². The monoisotopic (exact) mass is 283 g/mol. The van der Waals surface area contributed by atoms with Gasteiger partial charge < -0.3 is 10.2 Å². The van der Waals surface area contributed by atoms with Gasteiger partial charge in [0.1, 0.15) is 5.15 Å². The summed E-state index contributed by atoms with van der Waals surface area (Å²) >= 11 is 5.85. The van der Waals surface area contributed by atoms with E-state index in [-0.39, 0.29) is 18.2 Å². The largest absolute Gasteiger partial charge is 0.352 e. The van der Waals surface area contributed by atoms with Gasteiger partial charge in [0.2, 0.25) is 5.91 Å². The molecule has 5 nitrogen and oxygen atoms in total. The van der Waals surface area contributed by atoms with Gasteiger partial charge in [0, 0.05) is 38.3 Å². The number of hydrogen-bond acceptors (Lipinski definition) is 3. The van der Waals surface area contributed by atoms with Crippen LogP contribution in [0.2, 0.25) is 5.15 Å². The van der Waals surface area contributed by atoms with Crippen molar-refractivity contribution in [1.82, 2.24) is 15.2 Å². The fourth-order valence-electron chi connectivity index (χ4n) is 1.47. The smallest absolute Gasteiger partial charge is 0.251 e. The lowest BCUT2D eigenvalue weighted by atomic mass is 10.2. The first-order valence-corrected chi connectivity index (χ1v) is 6.46. The average Bonchev–Trinajstić information content (AvgIpc) is 2.37. The normalized spacial score (nSPS) is 10.1. The van der Waals surface area contributed by atoms with Gasteiger partial charge >= 0.3 is 0 Å². The number of halogens is 1. The summed E-state index contributed by atoms with van der Waals surface area (Å²) < 4.78 is 0. The number of pyridine rings is 1. The first-order valence-electron chi connectivity index (χ1n) is 6.08. The van der Waals surface area contributed by atoms with Crippen molar-refractivity contribution in [3.05, 3.63) is 28.5 Å². The number of amides is 2. The summed E-state index contributed by atoms with van der Waals surface area (Å²) in [5, 5.41) is 2.99. The lowest BCUT2D eigenvalue weighted by molar-refractivity contribution is -0.128. The Balaban J connectivity index is 2.59. The summed E-state index contributed by atoms with van der Waals surface area (Å²) in [7, 11) is 3.36. The third kappa shape index (κ3) is 4.87. The molecule has 0 saturated carbocycles. The van der Waals surface area contributed by atoms with Crippen molar-refractivity contribution in [2.75, 3.05) is 20.6 Å². The topological polar surface area (TPSA) is 62.3 Å². The zero-order chi connectivity index (χ0) is 14.4. The summed E-state index contributed by atoms with van der Waals surface area (Å²) in [5.74, 6) is -0.270. The Morgan fingerprint density at radius 2 is 2.05 bits per heavy atom. The predicted molar refractivity (Wildman–Crippen MR) is 74.3 cm³/mol. The molecule has 1 aromatic rings. The quantitative estimate of drug-likeness (QED) is 0.833. The van der Waals surface area contributed by atoms with E-state index >= 15 is 0 Å². The fraction of sp³-hybridized carbons (Fsp3) is 0.462. The molecule has 0 aliphatic carbocycles. The predicted octanol–water partition coefficient (Wildman–Crippen LogP) is 1.51. The minimum absolute atomic E-state index is 0.0256. The molecule has 2 amide bonds. The number of aromatic nitrogens is 1. The van der Waals surface area contributed by atoms with Crippen molar-refractivity contribution in [3.8, 4) is 0 Å². The van der Waals surface area contributed by atoms with Crippen LogP contribution in [-0.4, -0.2) is 42.3 Å². The molecule has 0 radical (unpaired) electrons. The van der Waals surface area contributed by atoms with E-state index in [9.17, 15) is 9.59 Å². The van der Waals surface area contributed by atoms with Crippen LogP contribution >= 0.6 is 11.6 Å². The molecule has 0 bridgehead atoms. The minimum Gasteiger partial charge on any atom is -0.352 e. The number of carbonyl (C=O) groups excluding carboxylic acids is 2. The van der Waals surface area contributed by atoms with Gasteiger partial charge in [0.25, 0.3) is 5.91 Å². The van der Waals surface area contributed by atoms with Crippen molar-refractivity contribution < 1.29 is 9.59 Å². The highest BCUT2D eigenvalue weighted by molar-refractivity contribution is 6.29. The molecule has 0 aliphatic rings. The molecule has 104 valence electrons. The third-order valence-electron chi connectivity index (χ3n) is 2.59. The van der Waals surface area contributed by atoms with E-state index in [1.165, 1.54) is 11.0 Å². The van der Waals surface area contributed by atoms with Crippen molar-refractivity contribution in [3.63, 3.8) is 0 Å². The zero-order valence-corrected chi connectivity index (χ0v) is 12.1. The molecule has 19 heavy (non-hydrogen) atoms. The van der Waals surface area contributed by atoms with E-state index < -0.39 is 0 Å². The molecule has 0 aromatic carbocycles. The van der Waals surface area contributed by atoms with E-state index in [0.717, 1.165) is 5.69 Å². The Bertz CT molecular complexity index is 475. The first kappa shape index (κ1) is 15.4. The number of hydrogen-bond donors (Lipinski definition) is 1. The van der Waals surface area contributed by atoms with Crippen LogP contribution < -0.4 is 5.32 Å². The molecule has 1 rings (SSSR count). The van der Waals surface area contributed by atoms with Gasteiger partial charge in [-0.2, -0.15) is 0 Å². The Hall–Kier alpha value is -1.62. The van der Waals surface area contributed by atoms with E-state index in [4.69, 9.17) is 11.6 Å². The molecule has 0 aliphatic heterocycles. The molecule has 0 atom stereocenters.